The van der Waals surface area contributed by atoms with E-state index in [9.17, 15) is 5.26 Å². The van der Waals surface area contributed by atoms with Crippen molar-refractivity contribution in [3.63, 3.8) is 0 Å². The molecule has 11 rings (SSSR count). The molecule has 5 nitrogen and oxygen atoms in total. The highest BCUT2D eigenvalue weighted by Gasteiger charge is 2.66. The third-order valence-electron chi connectivity index (χ3n) is 17.8. The van der Waals surface area contributed by atoms with Crippen molar-refractivity contribution < 1.29 is 4.74 Å². The van der Waals surface area contributed by atoms with Crippen molar-refractivity contribution in [1.29, 1.82) is 5.26 Å². The van der Waals surface area contributed by atoms with Crippen LogP contribution in [0.5, 0.6) is 0 Å². The largest absolute Gasteiger partial charge is 0.374 e. The topological polar surface area (TPSA) is 69.1 Å². The molecule has 2 saturated heterocycles. The van der Waals surface area contributed by atoms with Gasteiger partial charge in [-0.25, -0.2) is 0 Å². The third-order valence-corrected chi connectivity index (χ3v) is 17.8. The molecular weight excluding hydrogens is 685 g/mol. The first-order valence-electron chi connectivity index (χ1n) is 23.8. The van der Waals surface area contributed by atoms with Gasteiger partial charge in [-0.15, -0.1) is 0 Å². The second kappa shape index (κ2) is 15.3. The molecule has 0 aromatic carbocycles. The number of ether oxygens (including phenoxy) is 1. The number of fused-ring (bicyclic) bond motifs is 9. The van der Waals surface area contributed by atoms with E-state index in [2.05, 4.69) is 82.8 Å². The van der Waals surface area contributed by atoms with Gasteiger partial charge in [0.1, 0.15) is 0 Å². The van der Waals surface area contributed by atoms with Crippen molar-refractivity contribution in [3.05, 3.63) is 83.1 Å². The van der Waals surface area contributed by atoms with Gasteiger partial charge in [-0.3, -0.25) is 16.0 Å². The minimum absolute atomic E-state index is 0.0207. The van der Waals surface area contributed by atoms with Crippen molar-refractivity contribution in [2.24, 2.45) is 64.6 Å². The minimum Gasteiger partial charge on any atom is -0.374 e. The zero-order valence-electron chi connectivity index (χ0n) is 33.9. The number of nitrogens with one attached hydrogen (secondary N) is 3. The maximum atomic E-state index is 10.2. The van der Waals surface area contributed by atoms with Crippen LogP contribution in [0.3, 0.4) is 0 Å². The highest BCUT2D eigenvalue weighted by atomic mass is 16.5. The maximum absolute atomic E-state index is 10.2. The van der Waals surface area contributed by atoms with Crippen LogP contribution in [0.25, 0.3) is 0 Å². The Balaban J connectivity index is 0.853. The standard InChI is InChI=1S/C51H68N4O/c52-31-32-19-25-43-46(27-32)56-47-30-39(24-26-44(47)51(43)42-18-10-9-17-40(42)41-28-37-15-7-8-16-38(37)29-45(41)51)33-20-22-36(23-21-33)50-54-48(34-11-3-1-4-12-34)53-49(55-50)35-13-5-2-6-14-35/h1,3,7,15,19-22,25,28,32,34-36,38-39,41,43-50,53-55H,2,4-6,8-14,16-18,23-24,26-27,29-30H2/t32?,34?,36?,38?,39?,41?,43?,44-,45?,46?,47?,48?,49?,50?,51?/m1/s1. The summed E-state index contributed by atoms with van der Waals surface area (Å²) < 4.78 is 7.42. The number of hydrogen-bond donors (Lipinski definition) is 3. The summed E-state index contributed by atoms with van der Waals surface area (Å²) in [7, 11) is 0. The van der Waals surface area contributed by atoms with Gasteiger partial charge in [-0.2, -0.15) is 5.26 Å². The third kappa shape index (κ3) is 6.21. The second-order valence-electron chi connectivity index (χ2n) is 20.4. The molecule has 15 atom stereocenters. The van der Waals surface area contributed by atoms with E-state index in [0.29, 0.717) is 59.9 Å². The van der Waals surface area contributed by atoms with Gasteiger partial charge in [0.25, 0.3) is 0 Å². The fourth-order valence-corrected chi connectivity index (χ4v) is 15.3. The molecule has 56 heavy (non-hydrogen) atoms. The molecule has 11 aliphatic rings. The van der Waals surface area contributed by atoms with Gasteiger partial charge < -0.3 is 4.74 Å². The van der Waals surface area contributed by atoms with E-state index in [0.717, 1.165) is 31.1 Å². The summed E-state index contributed by atoms with van der Waals surface area (Å²) in [6, 6.07) is 2.64. The molecule has 2 aliphatic heterocycles. The summed E-state index contributed by atoms with van der Waals surface area (Å²) in [4.78, 5) is 0. The van der Waals surface area contributed by atoms with Crippen LogP contribution >= 0.6 is 0 Å². The van der Waals surface area contributed by atoms with Gasteiger partial charge in [0.2, 0.25) is 0 Å². The molecule has 0 radical (unpaired) electrons. The Kier molecular flexibility index (Phi) is 9.98. The quantitative estimate of drug-likeness (QED) is 0.250. The van der Waals surface area contributed by atoms with Crippen molar-refractivity contribution in [2.45, 2.75) is 159 Å². The molecule has 2 heterocycles. The molecule has 0 aromatic heterocycles. The molecule has 1 spiro atoms. The molecular formula is C51H68N4O. The normalized spacial score (nSPS) is 47.2. The first-order chi connectivity index (χ1) is 27.7. The van der Waals surface area contributed by atoms with Crippen LogP contribution in [0.15, 0.2) is 83.1 Å². The van der Waals surface area contributed by atoms with Gasteiger partial charge >= 0.3 is 0 Å². The lowest BCUT2D eigenvalue weighted by Crippen LogP contribution is -2.72. The average Bonchev–Trinajstić information content (AvgIpc) is 3.55. The molecule has 14 unspecified atom stereocenters. The van der Waals surface area contributed by atoms with Crippen LogP contribution in [0.2, 0.25) is 0 Å². The highest BCUT2D eigenvalue weighted by Crippen LogP contribution is 2.71. The zero-order chi connectivity index (χ0) is 37.2. The van der Waals surface area contributed by atoms with Crippen LogP contribution in [-0.2, 0) is 4.74 Å². The summed E-state index contributed by atoms with van der Waals surface area (Å²) >= 11 is 0. The minimum atomic E-state index is -0.0207. The molecule has 4 fully saturated rings. The van der Waals surface area contributed by atoms with Crippen molar-refractivity contribution in [3.8, 4) is 6.07 Å². The summed E-state index contributed by atoms with van der Waals surface area (Å²) in [5.74, 6) is 5.47. The van der Waals surface area contributed by atoms with E-state index in [1.165, 1.54) is 109 Å². The number of hydrogen-bond acceptors (Lipinski definition) is 5. The summed E-state index contributed by atoms with van der Waals surface area (Å²) in [5.41, 5.74) is 7.16. The van der Waals surface area contributed by atoms with E-state index in [1.54, 1.807) is 11.1 Å². The van der Waals surface area contributed by atoms with Crippen molar-refractivity contribution in [2.75, 3.05) is 0 Å². The Labute approximate surface area is 337 Å². The smallest absolute Gasteiger partial charge is 0.0698 e. The zero-order valence-corrected chi connectivity index (χ0v) is 33.9. The van der Waals surface area contributed by atoms with Crippen LogP contribution in [0.4, 0.5) is 0 Å². The molecule has 5 heteroatoms. The van der Waals surface area contributed by atoms with E-state index in [4.69, 9.17) is 4.74 Å². The lowest BCUT2D eigenvalue weighted by molar-refractivity contribution is -0.202. The SMILES string of the molecule is N#CC1C=CC2C(C1)OC1CC(C3=CCC(C4NC(C5CC=CCC5)NC(C5CCCCC5)N4)C=C3)CC[C@H]1C21C2=C(CCCC2)C2C=C3C=CCCC3CC21. The molecule has 9 aliphatic carbocycles. The highest BCUT2D eigenvalue weighted by molar-refractivity contribution is 5.46. The Morgan fingerprint density at radius 1 is 0.661 bits per heavy atom. The Hall–Kier alpha value is -2.49. The molecule has 0 bridgehead atoms. The Bertz CT molecular complexity index is 1770. The predicted molar refractivity (Wildman–Crippen MR) is 224 cm³/mol. The lowest BCUT2D eigenvalue weighted by Gasteiger charge is -2.62. The van der Waals surface area contributed by atoms with E-state index in [-0.39, 0.29) is 23.5 Å². The maximum Gasteiger partial charge on any atom is 0.0698 e. The fourth-order valence-electron chi connectivity index (χ4n) is 15.3. The number of allylic oxidation sites excluding steroid dienone is 12. The van der Waals surface area contributed by atoms with Gasteiger partial charge in [-0.1, -0.05) is 91.2 Å². The fraction of sp³-hybridized carbons (Fsp3) is 0.706. The van der Waals surface area contributed by atoms with Gasteiger partial charge in [0.05, 0.1) is 42.7 Å². The Morgan fingerprint density at radius 3 is 2.34 bits per heavy atom. The van der Waals surface area contributed by atoms with E-state index in [1.807, 2.05) is 11.1 Å². The molecule has 2 saturated carbocycles. The first kappa shape index (κ1) is 36.6. The molecule has 3 N–H and O–H groups in total. The lowest BCUT2D eigenvalue weighted by atomic mass is 9.47. The summed E-state index contributed by atoms with van der Waals surface area (Å²) in [5, 5.41) is 22.5. The summed E-state index contributed by atoms with van der Waals surface area (Å²) in [6.07, 6.45) is 52.2. The molecule has 298 valence electrons. The second-order valence-corrected chi connectivity index (χ2v) is 20.4. The first-order valence-corrected chi connectivity index (χ1v) is 23.8. The average molecular weight is 753 g/mol. The molecule has 0 amide bonds. The number of nitriles is 1. The van der Waals surface area contributed by atoms with Crippen molar-refractivity contribution in [1.82, 2.24) is 16.0 Å². The molecule has 0 aromatic rings. The monoisotopic (exact) mass is 753 g/mol. The van der Waals surface area contributed by atoms with Gasteiger partial charge in [0, 0.05) is 23.2 Å². The van der Waals surface area contributed by atoms with E-state index < -0.39 is 0 Å². The van der Waals surface area contributed by atoms with Gasteiger partial charge in [-0.05, 0) is 156 Å². The van der Waals surface area contributed by atoms with Crippen LogP contribution in [0, 0.1) is 75.9 Å². The number of rotatable bonds is 4. The van der Waals surface area contributed by atoms with Crippen LogP contribution < -0.4 is 16.0 Å². The van der Waals surface area contributed by atoms with Crippen molar-refractivity contribution >= 4 is 0 Å². The van der Waals surface area contributed by atoms with E-state index >= 15 is 0 Å². The van der Waals surface area contributed by atoms with Crippen LogP contribution in [0.1, 0.15) is 128 Å². The summed E-state index contributed by atoms with van der Waals surface area (Å²) in [6.45, 7) is 0. The number of nitrogens with zero attached hydrogens (tertiary/aromatic N) is 1. The van der Waals surface area contributed by atoms with Crippen LogP contribution in [-0.4, -0.2) is 30.7 Å². The van der Waals surface area contributed by atoms with Gasteiger partial charge in [0.15, 0.2) is 0 Å². The Morgan fingerprint density at radius 2 is 1.50 bits per heavy atom. The predicted octanol–water partition coefficient (Wildman–Crippen LogP) is 10.5.